The van der Waals surface area contributed by atoms with Gasteiger partial charge >= 0.3 is 0 Å². The van der Waals surface area contributed by atoms with Crippen LogP contribution >= 0.6 is 11.8 Å². The number of imidazole rings is 1. The van der Waals surface area contributed by atoms with Gasteiger partial charge in [-0.15, -0.1) is 11.8 Å². The fourth-order valence-electron chi connectivity index (χ4n) is 4.14. The van der Waals surface area contributed by atoms with Gasteiger partial charge in [-0.3, -0.25) is 0 Å². The lowest BCUT2D eigenvalue weighted by atomic mass is 10.0. The SMILES string of the molecule is COCCn1c(-c2ccc(C(C)C)cc2)nc2cc(Cc3cccnc3SC)cc(OC)c21. The first-order chi connectivity index (χ1) is 16.0. The number of hydrogen-bond donors (Lipinski definition) is 0. The van der Waals surface area contributed by atoms with E-state index in [-0.39, 0.29) is 0 Å². The molecule has 0 N–H and O–H groups in total. The summed E-state index contributed by atoms with van der Waals surface area (Å²) >= 11 is 1.67. The maximum absolute atomic E-state index is 5.86. The maximum atomic E-state index is 5.86. The van der Waals surface area contributed by atoms with Gasteiger partial charge in [-0.05, 0) is 47.1 Å². The number of benzene rings is 2. The van der Waals surface area contributed by atoms with Crippen molar-refractivity contribution < 1.29 is 9.47 Å². The first kappa shape index (κ1) is 23.3. The van der Waals surface area contributed by atoms with Crippen molar-refractivity contribution in [2.24, 2.45) is 0 Å². The van der Waals surface area contributed by atoms with Crippen molar-refractivity contribution in [3.63, 3.8) is 0 Å². The predicted octanol–water partition coefficient (Wildman–Crippen LogP) is 6.19. The van der Waals surface area contributed by atoms with E-state index in [9.17, 15) is 0 Å². The summed E-state index contributed by atoms with van der Waals surface area (Å²) in [6.07, 6.45) is 4.68. The van der Waals surface area contributed by atoms with Gasteiger partial charge in [-0.1, -0.05) is 44.2 Å². The monoisotopic (exact) mass is 461 g/mol. The zero-order chi connectivity index (χ0) is 23.4. The predicted molar refractivity (Wildman–Crippen MR) is 137 cm³/mol. The summed E-state index contributed by atoms with van der Waals surface area (Å²) in [6.45, 7) is 5.71. The van der Waals surface area contributed by atoms with Crippen LogP contribution in [0.15, 0.2) is 59.8 Å². The number of fused-ring (bicyclic) bond motifs is 1. The minimum atomic E-state index is 0.493. The van der Waals surface area contributed by atoms with E-state index >= 15 is 0 Å². The Bertz CT molecular complexity index is 1230. The van der Waals surface area contributed by atoms with Gasteiger partial charge in [0.15, 0.2) is 0 Å². The highest BCUT2D eigenvalue weighted by molar-refractivity contribution is 7.98. The summed E-state index contributed by atoms with van der Waals surface area (Å²) in [7, 11) is 3.45. The van der Waals surface area contributed by atoms with Crippen LogP contribution in [0.5, 0.6) is 5.75 Å². The Morgan fingerprint density at radius 1 is 1.06 bits per heavy atom. The van der Waals surface area contributed by atoms with Crippen molar-refractivity contribution >= 4 is 22.8 Å². The number of hydrogen-bond acceptors (Lipinski definition) is 5. The minimum absolute atomic E-state index is 0.493. The minimum Gasteiger partial charge on any atom is -0.494 e. The van der Waals surface area contributed by atoms with Crippen LogP contribution in [0.2, 0.25) is 0 Å². The molecule has 0 aliphatic rings. The second kappa shape index (κ2) is 10.4. The van der Waals surface area contributed by atoms with E-state index < -0.39 is 0 Å². The molecule has 2 aromatic carbocycles. The van der Waals surface area contributed by atoms with Crippen LogP contribution in [-0.4, -0.2) is 41.6 Å². The lowest BCUT2D eigenvalue weighted by molar-refractivity contribution is 0.188. The summed E-state index contributed by atoms with van der Waals surface area (Å²) in [5, 5.41) is 1.05. The van der Waals surface area contributed by atoms with Crippen LogP contribution < -0.4 is 4.74 Å². The summed E-state index contributed by atoms with van der Waals surface area (Å²) in [5.74, 6) is 2.25. The Labute approximate surface area is 200 Å². The summed E-state index contributed by atoms with van der Waals surface area (Å²) in [4.78, 5) is 9.58. The first-order valence-electron chi connectivity index (χ1n) is 11.2. The molecular weight excluding hydrogens is 430 g/mol. The number of aromatic nitrogens is 3. The number of methoxy groups -OCH3 is 2. The van der Waals surface area contributed by atoms with Crippen LogP contribution in [0.25, 0.3) is 22.4 Å². The molecule has 4 rings (SSSR count). The van der Waals surface area contributed by atoms with Gasteiger partial charge in [-0.25, -0.2) is 9.97 Å². The maximum Gasteiger partial charge on any atom is 0.145 e. The van der Waals surface area contributed by atoms with Crippen LogP contribution in [-0.2, 0) is 17.7 Å². The molecule has 172 valence electrons. The standard InChI is InChI=1S/C27H31N3O2S/c1-18(2)20-8-10-21(11-9-20)26-29-23-16-19(15-22-7-6-12-28-27(22)33-5)17-24(32-4)25(23)30(26)13-14-31-3/h6-12,16-18H,13-15H2,1-5H3. The zero-order valence-corrected chi connectivity index (χ0v) is 20.8. The molecule has 0 atom stereocenters. The molecule has 0 saturated carbocycles. The van der Waals surface area contributed by atoms with Gasteiger partial charge in [0.05, 0.1) is 24.3 Å². The molecule has 0 unspecified atom stereocenters. The van der Waals surface area contributed by atoms with Crippen molar-refractivity contribution in [3.05, 3.63) is 71.4 Å². The average molecular weight is 462 g/mol. The quantitative estimate of drug-likeness (QED) is 0.278. The molecule has 6 heteroatoms. The third-order valence-corrected chi connectivity index (χ3v) is 6.63. The molecule has 2 aromatic heterocycles. The Morgan fingerprint density at radius 2 is 1.85 bits per heavy atom. The van der Waals surface area contributed by atoms with Crippen LogP contribution in [0.1, 0.15) is 36.5 Å². The van der Waals surface area contributed by atoms with Crippen molar-refractivity contribution in [1.29, 1.82) is 0 Å². The third-order valence-electron chi connectivity index (χ3n) is 5.88. The Morgan fingerprint density at radius 3 is 2.52 bits per heavy atom. The lowest BCUT2D eigenvalue weighted by Crippen LogP contribution is -2.07. The van der Waals surface area contributed by atoms with Crippen molar-refractivity contribution in [1.82, 2.24) is 14.5 Å². The molecule has 0 amide bonds. The van der Waals surface area contributed by atoms with Crippen molar-refractivity contribution in [2.45, 2.75) is 37.8 Å². The molecule has 0 aliphatic heterocycles. The molecule has 0 spiro atoms. The molecule has 0 radical (unpaired) electrons. The fourth-order valence-corrected chi connectivity index (χ4v) is 4.71. The molecule has 0 bridgehead atoms. The molecule has 0 saturated heterocycles. The highest BCUT2D eigenvalue weighted by atomic mass is 32.2. The number of rotatable bonds is 9. The van der Waals surface area contributed by atoms with Gasteiger partial charge in [0.2, 0.25) is 0 Å². The van der Waals surface area contributed by atoms with Crippen LogP contribution in [0.3, 0.4) is 0 Å². The van der Waals surface area contributed by atoms with E-state index in [1.807, 2.05) is 12.3 Å². The van der Waals surface area contributed by atoms with Crippen LogP contribution in [0.4, 0.5) is 0 Å². The molecule has 4 aromatic rings. The van der Waals surface area contributed by atoms with Crippen LogP contribution in [0, 0.1) is 0 Å². The number of pyridine rings is 1. The van der Waals surface area contributed by atoms with Crippen molar-refractivity contribution in [3.8, 4) is 17.1 Å². The lowest BCUT2D eigenvalue weighted by Gasteiger charge is -2.13. The Balaban J connectivity index is 1.83. The average Bonchev–Trinajstić information content (AvgIpc) is 3.21. The highest BCUT2D eigenvalue weighted by Crippen LogP contribution is 2.34. The molecule has 0 aliphatic carbocycles. The van der Waals surface area contributed by atoms with E-state index in [4.69, 9.17) is 14.5 Å². The fraction of sp³-hybridized carbons (Fsp3) is 0.333. The van der Waals surface area contributed by atoms with Gasteiger partial charge in [0, 0.05) is 31.8 Å². The zero-order valence-electron chi connectivity index (χ0n) is 20.0. The van der Waals surface area contributed by atoms with Gasteiger partial charge in [-0.2, -0.15) is 0 Å². The second-order valence-corrected chi connectivity index (χ2v) is 9.17. The van der Waals surface area contributed by atoms with Gasteiger partial charge < -0.3 is 14.0 Å². The molecule has 5 nitrogen and oxygen atoms in total. The highest BCUT2D eigenvalue weighted by Gasteiger charge is 2.18. The van der Waals surface area contributed by atoms with Gasteiger partial charge in [0.25, 0.3) is 0 Å². The van der Waals surface area contributed by atoms with E-state index in [1.54, 1.807) is 26.0 Å². The number of nitrogens with zero attached hydrogens (tertiary/aromatic N) is 3. The molecular formula is C27H31N3O2S. The smallest absolute Gasteiger partial charge is 0.145 e. The Hall–Kier alpha value is -2.83. The summed E-state index contributed by atoms with van der Waals surface area (Å²) in [6, 6.07) is 17.1. The van der Waals surface area contributed by atoms with E-state index in [0.29, 0.717) is 19.1 Å². The molecule has 33 heavy (non-hydrogen) atoms. The van der Waals surface area contributed by atoms with Crippen molar-refractivity contribution in [2.75, 3.05) is 27.1 Å². The Kier molecular flexibility index (Phi) is 7.36. The molecule has 0 fully saturated rings. The van der Waals surface area contributed by atoms with E-state index in [2.05, 4.69) is 72.1 Å². The first-order valence-corrected chi connectivity index (χ1v) is 12.4. The topological polar surface area (TPSA) is 49.2 Å². The van der Waals surface area contributed by atoms with Gasteiger partial charge in [0.1, 0.15) is 17.1 Å². The normalized spacial score (nSPS) is 11.5. The van der Waals surface area contributed by atoms with E-state index in [1.165, 1.54) is 11.1 Å². The summed E-state index contributed by atoms with van der Waals surface area (Å²) in [5.41, 5.74) is 6.69. The molecule has 2 heterocycles. The number of thioether (sulfide) groups is 1. The third kappa shape index (κ3) is 4.92. The van der Waals surface area contributed by atoms with E-state index in [0.717, 1.165) is 45.2 Å². The summed E-state index contributed by atoms with van der Waals surface area (Å²) < 4.78 is 13.5. The number of ether oxygens (including phenoxy) is 2. The largest absolute Gasteiger partial charge is 0.494 e. The second-order valence-electron chi connectivity index (χ2n) is 8.37.